The van der Waals surface area contributed by atoms with Crippen LogP contribution < -0.4 is 10.0 Å². The van der Waals surface area contributed by atoms with E-state index in [-0.39, 0.29) is 22.2 Å². The number of carbonyl (C=O) groups excluding carboxylic acids is 2. The Morgan fingerprint density at radius 2 is 1.80 bits per heavy atom. The smallest absolute Gasteiger partial charge is 0.409 e. The van der Waals surface area contributed by atoms with Crippen molar-refractivity contribution in [3.63, 3.8) is 0 Å². The van der Waals surface area contributed by atoms with Crippen LogP contribution >= 0.6 is 0 Å². The molecular weight excluding hydrogens is 413 g/mol. The molecule has 8 nitrogen and oxygen atoms in total. The lowest BCUT2D eigenvalue weighted by atomic mass is 10.0. The fourth-order valence-corrected chi connectivity index (χ4v) is 4.27. The fraction of sp³-hybridized carbons (Fsp3) is 0.300. The maximum atomic E-state index is 13.8. The van der Waals surface area contributed by atoms with Crippen LogP contribution in [-0.2, 0) is 14.8 Å². The van der Waals surface area contributed by atoms with Gasteiger partial charge in [0, 0.05) is 24.7 Å². The Balaban J connectivity index is 1.67. The molecule has 10 heteroatoms. The highest BCUT2D eigenvalue weighted by Crippen LogP contribution is 2.20. The topological polar surface area (TPSA) is 105 Å². The molecule has 1 heterocycles. The van der Waals surface area contributed by atoms with Crippen molar-refractivity contribution < 1.29 is 27.1 Å². The number of nitrogens with zero attached hydrogens (tertiary/aromatic N) is 1. The number of ether oxygens (including phenoxy) is 1. The van der Waals surface area contributed by atoms with E-state index in [9.17, 15) is 22.4 Å². The van der Waals surface area contributed by atoms with E-state index in [0.717, 1.165) is 6.07 Å². The minimum absolute atomic E-state index is 0.143. The largest absolute Gasteiger partial charge is 0.453 e. The second-order valence-corrected chi connectivity index (χ2v) is 8.50. The number of rotatable bonds is 5. The predicted molar refractivity (Wildman–Crippen MR) is 108 cm³/mol. The van der Waals surface area contributed by atoms with E-state index >= 15 is 0 Å². The molecule has 1 aliphatic heterocycles. The summed E-state index contributed by atoms with van der Waals surface area (Å²) in [6.45, 7) is 0.914. The van der Waals surface area contributed by atoms with E-state index in [1.165, 1.54) is 49.6 Å². The third-order valence-corrected chi connectivity index (χ3v) is 6.15. The molecule has 1 saturated heterocycles. The molecule has 0 saturated carbocycles. The molecule has 2 amide bonds. The molecular formula is C20H22FN3O5S. The number of likely N-dealkylation sites (tertiary alicyclic amines) is 1. The summed E-state index contributed by atoms with van der Waals surface area (Å²) in [7, 11) is -2.75. The zero-order valence-corrected chi connectivity index (χ0v) is 17.1. The number of anilines is 1. The van der Waals surface area contributed by atoms with Gasteiger partial charge in [0.25, 0.3) is 15.9 Å². The van der Waals surface area contributed by atoms with Crippen molar-refractivity contribution >= 4 is 27.7 Å². The summed E-state index contributed by atoms with van der Waals surface area (Å²) >= 11 is 0. The lowest BCUT2D eigenvalue weighted by molar-refractivity contribution is 0.0892. The SMILES string of the molecule is COC(=O)N1CCC(NC(=O)c2cccc(S(=O)(=O)Nc3ccccc3F)c2)CC1. The first-order chi connectivity index (χ1) is 14.3. The van der Waals surface area contributed by atoms with Crippen LogP contribution in [0.25, 0.3) is 0 Å². The number of carbonyl (C=O) groups is 2. The standard InChI is InChI=1S/C20H22FN3O5S/c1-29-20(26)24-11-9-15(10-12-24)22-19(25)14-5-4-6-16(13-14)30(27,28)23-18-8-3-2-7-17(18)21/h2-8,13,15,23H,9-12H2,1H3,(H,22,25). The highest BCUT2D eigenvalue weighted by atomic mass is 32.2. The van der Waals surface area contributed by atoms with E-state index in [0.29, 0.717) is 25.9 Å². The molecule has 0 aromatic heterocycles. The van der Waals surface area contributed by atoms with Crippen LogP contribution in [0.4, 0.5) is 14.9 Å². The Hall–Kier alpha value is -3.14. The van der Waals surface area contributed by atoms with E-state index in [2.05, 4.69) is 14.8 Å². The highest BCUT2D eigenvalue weighted by molar-refractivity contribution is 7.92. The minimum Gasteiger partial charge on any atom is -0.453 e. The normalized spacial score (nSPS) is 14.8. The number of halogens is 1. The minimum atomic E-state index is -4.07. The summed E-state index contributed by atoms with van der Waals surface area (Å²) in [5.74, 6) is -1.12. The highest BCUT2D eigenvalue weighted by Gasteiger charge is 2.25. The van der Waals surface area contributed by atoms with Gasteiger partial charge in [-0.05, 0) is 43.2 Å². The molecule has 0 atom stereocenters. The van der Waals surface area contributed by atoms with Crippen LogP contribution in [0.1, 0.15) is 23.2 Å². The van der Waals surface area contributed by atoms with E-state index in [1.807, 2.05) is 0 Å². The second kappa shape index (κ2) is 9.12. The fourth-order valence-electron chi connectivity index (χ4n) is 3.16. The number of nitrogens with one attached hydrogen (secondary N) is 2. The summed E-state index contributed by atoms with van der Waals surface area (Å²) in [4.78, 5) is 25.5. The number of hydrogen-bond acceptors (Lipinski definition) is 5. The number of amides is 2. The van der Waals surface area contributed by atoms with Gasteiger partial charge >= 0.3 is 6.09 Å². The maximum absolute atomic E-state index is 13.8. The molecule has 2 aromatic rings. The average molecular weight is 435 g/mol. The average Bonchev–Trinajstić information content (AvgIpc) is 2.75. The van der Waals surface area contributed by atoms with Crippen LogP contribution in [0.3, 0.4) is 0 Å². The molecule has 3 rings (SSSR count). The van der Waals surface area contributed by atoms with Crippen molar-refractivity contribution in [2.45, 2.75) is 23.8 Å². The molecule has 0 aliphatic carbocycles. The molecule has 0 unspecified atom stereocenters. The lowest BCUT2D eigenvalue weighted by Crippen LogP contribution is -2.46. The van der Waals surface area contributed by atoms with Gasteiger partial charge in [-0.3, -0.25) is 9.52 Å². The third kappa shape index (κ3) is 5.07. The molecule has 0 bridgehead atoms. The first-order valence-corrected chi connectivity index (χ1v) is 10.8. The molecule has 2 aromatic carbocycles. The van der Waals surface area contributed by atoms with Crippen molar-refractivity contribution in [2.75, 3.05) is 24.9 Å². The first kappa shape index (κ1) is 21.6. The number of methoxy groups -OCH3 is 1. The first-order valence-electron chi connectivity index (χ1n) is 9.31. The molecule has 2 N–H and O–H groups in total. The number of hydrogen-bond donors (Lipinski definition) is 2. The second-order valence-electron chi connectivity index (χ2n) is 6.82. The lowest BCUT2D eigenvalue weighted by Gasteiger charge is -2.31. The summed E-state index contributed by atoms with van der Waals surface area (Å²) < 4.78 is 45.8. The van der Waals surface area contributed by atoms with Crippen molar-refractivity contribution in [2.24, 2.45) is 0 Å². The molecule has 1 aliphatic rings. The van der Waals surface area contributed by atoms with Gasteiger partial charge in [-0.15, -0.1) is 0 Å². The van der Waals surface area contributed by atoms with E-state index < -0.39 is 27.8 Å². The van der Waals surface area contributed by atoms with E-state index in [4.69, 9.17) is 0 Å². The van der Waals surface area contributed by atoms with Crippen molar-refractivity contribution in [3.8, 4) is 0 Å². The number of benzene rings is 2. The molecule has 1 fully saturated rings. The van der Waals surface area contributed by atoms with Crippen LogP contribution in [0.2, 0.25) is 0 Å². The van der Waals surface area contributed by atoms with Crippen molar-refractivity contribution in [1.82, 2.24) is 10.2 Å². The maximum Gasteiger partial charge on any atom is 0.409 e. The Labute approximate surface area is 174 Å². The van der Waals surface area contributed by atoms with Gasteiger partial charge in [0.15, 0.2) is 0 Å². The van der Waals surface area contributed by atoms with Gasteiger partial charge in [-0.25, -0.2) is 17.6 Å². The molecule has 160 valence electrons. The Morgan fingerprint density at radius 1 is 1.10 bits per heavy atom. The van der Waals surface area contributed by atoms with Gasteiger partial charge in [-0.2, -0.15) is 0 Å². The summed E-state index contributed by atoms with van der Waals surface area (Å²) in [5.41, 5.74) is -0.00785. The van der Waals surface area contributed by atoms with E-state index in [1.54, 1.807) is 4.90 Å². The monoisotopic (exact) mass is 435 g/mol. The number of para-hydroxylation sites is 1. The Kier molecular flexibility index (Phi) is 6.56. The van der Waals surface area contributed by atoms with Crippen molar-refractivity contribution in [1.29, 1.82) is 0 Å². The van der Waals surface area contributed by atoms with Gasteiger partial charge in [-0.1, -0.05) is 18.2 Å². The molecule has 0 spiro atoms. The summed E-state index contributed by atoms with van der Waals surface area (Å²) in [6, 6.07) is 10.8. The van der Waals surface area contributed by atoms with Crippen LogP contribution in [0.15, 0.2) is 53.4 Å². The predicted octanol–water partition coefficient (Wildman–Crippen LogP) is 2.59. The molecule has 0 radical (unpaired) electrons. The van der Waals surface area contributed by atoms with Crippen LogP contribution in [0.5, 0.6) is 0 Å². The Morgan fingerprint density at radius 3 is 2.47 bits per heavy atom. The third-order valence-electron chi connectivity index (χ3n) is 4.79. The van der Waals surface area contributed by atoms with Gasteiger partial charge in [0.05, 0.1) is 17.7 Å². The van der Waals surface area contributed by atoms with Crippen LogP contribution in [0, 0.1) is 5.82 Å². The van der Waals surface area contributed by atoms with Crippen LogP contribution in [-0.4, -0.2) is 51.6 Å². The van der Waals surface area contributed by atoms with Gasteiger partial charge < -0.3 is 15.0 Å². The van der Waals surface area contributed by atoms with Gasteiger partial charge in [0.1, 0.15) is 5.82 Å². The summed E-state index contributed by atoms with van der Waals surface area (Å²) in [6.07, 6.45) is 0.724. The number of sulfonamides is 1. The quantitative estimate of drug-likeness (QED) is 0.751. The zero-order chi connectivity index (χ0) is 21.7. The van der Waals surface area contributed by atoms with Crippen molar-refractivity contribution in [3.05, 3.63) is 59.9 Å². The number of piperidine rings is 1. The summed E-state index contributed by atoms with van der Waals surface area (Å²) in [5, 5.41) is 2.86. The molecule has 30 heavy (non-hydrogen) atoms. The zero-order valence-electron chi connectivity index (χ0n) is 16.3. The van der Waals surface area contributed by atoms with Gasteiger partial charge in [0.2, 0.25) is 0 Å². The Bertz CT molecular complexity index is 1040.